The molecule has 4 rings (SSSR count). The third-order valence-corrected chi connectivity index (χ3v) is 5.41. The van der Waals surface area contributed by atoms with Gasteiger partial charge in [0.1, 0.15) is 12.1 Å². The summed E-state index contributed by atoms with van der Waals surface area (Å²) >= 11 is 0. The number of hydrogen-bond donors (Lipinski definition) is 0. The average molecular weight is 332 g/mol. The van der Waals surface area contributed by atoms with Gasteiger partial charge in [0.05, 0.1) is 25.2 Å². The van der Waals surface area contributed by atoms with Crippen LogP contribution in [-0.4, -0.2) is 66.3 Å². The Morgan fingerprint density at radius 3 is 2.96 bits per heavy atom. The van der Waals surface area contributed by atoms with Crippen LogP contribution in [0, 0.1) is 5.92 Å². The highest BCUT2D eigenvalue weighted by molar-refractivity contribution is 5.80. The van der Waals surface area contributed by atoms with E-state index >= 15 is 0 Å². The van der Waals surface area contributed by atoms with E-state index in [2.05, 4.69) is 14.9 Å². The van der Waals surface area contributed by atoms with Crippen molar-refractivity contribution < 1.29 is 14.3 Å². The standard InChI is InChI=1S/C17H24N4O3/c1-23-16-9-15(18-11-19-16)21-10-12(8-14-13(21)4-7-24-14)17(22)20-5-2-3-6-20/h9,11-14H,2-8,10H2,1H3/t12-,13+,14+/m0/s1. The maximum Gasteiger partial charge on any atom is 0.227 e. The van der Waals surface area contributed by atoms with E-state index in [1.807, 2.05) is 11.0 Å². The van der Waals surface area contributed by atoms with Crippen molar-refractivity contribution in [1.82, 2.24) is 14.9 Å². The Labute approximate surface area is 142 Å². The van der Waals surface area contributed by atoms with Gasteiger partial charge in [-0.3, -0.25) is 4.79 Å². The number of carbonyl (C=O) groups excluding carboxylic acids is 1. The maximum absolute atomic E-state index is 12.9. The third kappa shape index (κ3) is 2.81. The molecule has 0 radical (unpaired) electrons. The van der Waals surface area contributed by atoms with E-state index in [0.717, 1.165) is 51.2 Å². The zero-order valence-corrected chi connectivity index (χ0v) is 14.1. The topological polar surface area (TPSA) is 67.8 Å². The molecule has 0 aliphatic carbocycles. The third-order valence-electron chi connectivity index (χ3n) is 5.41. The molecule has 3 aliphatic rings. The second-order valence-electron chi connectivity index (χ2n) is 6.80. The lowest BCUT2D eigenvalue weighted by molar-refractivity contribution is -0.136. The van der Waals surface area contributed by atoms with Gasteiger partial charge in [0.15, 0.2) is 0 Å². The lowest BCUT2D eigenvalue weighted by Gasteiger charge is -2.41. The lowest BCUT2D eigenvalue weighted by atomic mass is 9.89. The van der Waals surface area contributed by atoms with Crippen LogP contribution < -0.4 is 9.64 Å². The number of ether oxygens (including phenoxy) is 2. The Morgan fingerprint density at radius 2 is 2.17 bits per heavy atom. The summed E-state index contributed by atoms with van der Waals surface area (Å²) in [6.07, 6.45) is 5.66. The van der Waals surface area contributed by atoms with Gasteiger partial charge in [-0.05, 0) is 25.7 Å². The number of likely N-dealkylation sites (tertiary alicyclic amines) is 1. The quantitative estimate of drug-likeness (QED) is 0.825. The molecule has 3 saturated heterocycles. The van der Waals surface area contributed by atoms with Gasteiger partial charge in [-0.25, -0.2) is 9.97 Å². The average Bonchev–Trinajstić information content (AvgIpc) is 3.31. The zero-order chi connectivity index (χ0) is 16.5. The van der Waals surface area contributed by atoms with E-state index in [4.69, 9.17) is 9.47 Å². The van der Waals surface area contributed by atoms with E-state index in [1.165, 1.54) is 6.33 Å². The Morgan fingerprint density at radius 1 is 1.33 bits per heavy atom. The first-order chi connectivity index (χ1) is 11.8. The second kappa shape index (κ2) is 6.55. The molecule has 24 heavy (non-hydrogen) atoms. The fourth-order valence-corrected chi connectivity index (χ4v) is 4.18. The van der Waals surface area contributed by atoms with Crippen LogP contribution in [-0.2, 0) is 9.53 Å². The van der Waals surface area contributed by atoms with Crippen LogP contribution in [0.3, 0.4) is 0 Å². The van der Waals surface area contributed by atoms with Crippen molar-refractivity contribution in [3.63, 3.8) is 0 Å². The number of aromatic nitrogens is 2. The molecule has 0 unspecified atom stereocenters. The first-order valence-corrected chi connectivity index (χ1v) is 8.79. The zero-order valence-electron chi connectivity index (χ0n) is 14.1. The van der Waals surface area contributed by atoms with Gasteiger partial charge < -0.3 is 19.3 Å². The van der Waals surface area contributed by atoms with Gasteiger partial charge in [-0.1, -0.05) is 0 Å². The van der Waals surface area contributed by atoms with Crippen molar-refractivity contribution >= 4 is 11.7 Å². The SMILES string of the molecule is COc1cc(N2C[C@@H](C(=O)N3CCCC3)C[C@H]3OCC[C@H]32)ncn1. The number of fused-ring (bicyclic) bond motifs is 1. The van der Waals surface area contributed by atoms with E-state index < -0.39 is 0 Å². The molecule has 3 aliphatic heterocycles. The van der Waals surface area contributed by atoms with Crippen LogP contribution >= 0.6 is 0 Å². The number of rotatable bonds is 3. The Balaban J connectivity index is 1.58. The van der Waals surface area contributed by atoms with Crippen LogP contribution in [0.5, 0.6) is 5.88 Å². The normalized spacial score (nSPS) is 29.6. The number of methoxy groups -OCH3 is 1. The summed E-state index contributed by atoms with van der Waals surface area (Å²) in [7, 11) is 1.60. The summed E-state index contributed by atoms with van der Waals surface area (Å²) in [6.45, 7) is 3.23. The highest BCUT2D eigenvalue weighted by Crippen LogP contribution is 2.35. The summed E-state index contributed by atoms with van der Waals surface area (Å²) in [5.41, 5.74) is 0. The van der Waals surface area contributed by atoms with E-state index in [1.54, 1.807) is 7.11 Å². The van der Waals surface area contributed by atoms with Crippen LogP contribution in [0.25, 0.3) is 0 Å². The van der Waals surface area contributed by atoms with Gasteiger partial charge in [0, 0.05) is 32.3 Å². The number of piperidine rings is 1. The molecule has 7 nitrogen and oxygen atoms in total. The first-order valence-electron chi connectivity index (χ1n) is 8.79. The summed E-state index contributed by atoms with van der Waals surface area (Å²) in [6, 6.07) is 2.13. The largest absolute Gasteiger partial charge is 0.481 e. The predicted octanol–water partition coefficient (Wildman–Crippen LogP) is 1.09. The molecule has 0 spiro atoms. The highest BCUT2D eigenvalue weighted by Gasteiger charge is 2.44. The monoisotopic (exact) mass is 332 g/mol. The molecular weight excluding hydrogens is 308 g/mol. The van der Waals surface area contributed by atoms with Gasteiger partial charge in [0.2, 0.25) is 11.8 Å². The minimum Gasteiger partial charge on any atom is -0.481 e. The molecule has 1 aromatic rings. The maximum atomic E-state index is 12.9. The minimum absolute atomic E-state index is 0.0246. The summed E-state index contributed by atoms with van der Waals surface area (Å²) < 4.78 is 11.1. The van der Waals surface area contributed by atoms with Gasteiger partial charge >= 0.3 is 0 Å². The molecule has 0 N–H and O–H groups in total. The van der Waals surface area contributed by atoms with Crippen LogP contribution in [0.2, 0.25) is 0 Å². The molecule has 130 valence electrons. The summed E-state index contributed by atoms with van der Waals surface area (Å²) in [4.78, 5) is 25.6. The smallest absolute Gasteiger partial charge is 0.227 e. The van der Waals surface area contributed by atoms with Crippen LogP contribution in [0.4, 0.5) is 5.82 Å². The van der Waals surface area contributed by atoms with E-state index in [0.29, 0.717) is 12.4 Å². The predicted molar refractivity (Wildman–Crippen MR) is 88.0 cm³/mol. The fraction of sp³-hybridized carbons (Fsp3) is 0.706. The molecule has 0 bridgehead atoms. The lowest BCUT2D eigenvalue weighted by Crippen LogP contribution is -2.53. The number of nitrogens with zero attached hydrogens (tertiary/aromatic N) is 4. The highest BCUT2D eigenvalue weighted by atomic mass is 16.5. The van der Waals surface area contributed by atoms with Crippen LogP contribution in [0.15, 0.2) is 12.4 Å². The number of carbonyl (C=O) groups is 1. The van der Waals surface area contributed by atoms with Crippen molar-refractivity contribution in [1.29, 1.82) is 0 Å². The summed E-state index contributed by atoms with van der Waals surface area (Å²) in [5.74, 6) is 1.61. The van der Waals surface area contributed by atoms with E-state index in [9.17, 15) is 4.79 Å². The second-order valence-corrected chi connectivity index (χ2v) is 6.80. The van der Waals surface area contributed by atoms with Crippen molar-refractivity contribution in [3.8, 4) is 5.88 Å². The number of anilines is 1. The molecule has 7 heteroatoms. The van der Waals surface area contributed by atoms with Crippen molar-refractivity contribution in [2.75, 3.05) is 38.3 Å². The van der Waals surface area contributed by atoms with Gasteiger partial charge in [-0.15, -0.1) is 0 Å². The number of amides is 1. The minimum atomic E-state index is -0.0246. The van der Waals surface area contributed by atoms with Crippen molar-refractivity contribution in [3.05, 3.63) is 12.4 Å². The molecule has 3 fully saturated rings. The molecule has 0 aromatic carbocycles. The van der Waals surface area contributed by atoms with Crippen molar-refractivity contribution in [2.24, 2.45) is 5.92 Å². The molecule has 1 aromatic heterocycles. The molecular formula is C17H24N4O3. The van der Waals surface area contributed by atoms with Gasteiger partial charge in [-0.2, -0.15) is 0 Å². The Kier molecular flexibility index (Phi) is 4.26. The van der Waals surface area contributed by atoms with Crippen LogP contribution in [0.1, 0.15) is 25.7 Å². The van der Waals surface area contributed by atoms with E-state index in [-0.39, 0.29) is 24.0 Å². The molecule has 1 amide bonds. The summed E-state index contributed by atoms with van der Waals surface area (Å²) in [5, 5.41) is 0. The number of hydrogen-bond acceptors (Lipinski definition) is 6. The fourth-order valence-electron chi connectivity index (χ4n) is 4.18. The van der Waals surface area contributed by atoms with Gasteiger partial charge in [0.25, 0.3) is 0 Å². The molecule has 3 atom stereocenters. The molecule has 0 saturated carbocycles. The first kappa shape index (κ1) is 15.6. The van der Waals surface area contributed by atoms with Crippen molar-refractivity contribution in [2.45, 2.75) is 37.8 Å². The molecule has 4 heterocycles. The Bertz CT molecular complexity index is 605. The Hall–Kier alpha value is -1.89.